The molecule has 4 aromatic rings. The average Bonchev–Trinajstić information content (AvgIpc) is 3.28. The third-order valence-electron chi connectivity index (χ3n) is 5.04. The number of carbonyl (C=O) groups excluding carboxylic acids is 1. The van der Waals surface area contributed by atoms with E-state index in [9.17, 15) is 22.8 Å². The van der Waals surface area contributed by atoms with E-state index in [1.54, 1.807) is 25.1 Å². The molecule has 0 spiro atoms. The molecule has 2 heterocycles. The van der Waals surface area contributed by atoms with E-state index in [1.165, 1.54) is 21.3 Å². The molecule has 0 bridgehead atoms. The Bertz CT molecular complexity index is 1400. The minimum Gasteiger partial charge on any atom is -0.339 e. The summed E-state index contributed by atoms with van der Waals surface area (Å²) >= 11 is 0. The summed E-state index contributed by atoms with van der Waals surface area (Å²) in [5.74, 6) is 0.0712. The van der Waals surface area contributed by atoms with Gasteiger partial charge >= 0.3 is 11.9 Å². The lowest BCUT2D eigenvalue weighted by atomic mass is 10.2. The maximum Gasteiger partial charge on any atom is 0.416 e. The number of halogens is 3. The second-order valence-electron chi connectivity index (χ2n) is 7.80. The summed E-state index contributed by atoms with van der Waals surface area (Å²) < 4.78 is 46.7. The lowest BCUT2D eigenvalue weighted by Crippen LogP contribution is -2.30. The summed E-state index contributed by atoms with van der Waals surface area (Å²) in [7, 11) is 0. The molecular weight excluding hydrogens is 439 g/mol. The van der Waals surface area contributed by atoms with E-state index in [0.29, 0.717) is 28.3 Å². The highest BCUT2D eigenvalue weighted by atomic mass is 19.4. The second kappa shape index (κ2) is 8.23. The molecule has 2 aromatic carbocycles. The number of hydrogen-bond acceptors (Lipinski definition) is 5. The zero-order valence-corrected chi connectivity index (χ0v) is 18.0. The number of benzene rings is 2. The Morgan fingerprint density at radius 3 is 2.55 bits per heavy atom. The Hall–Kier alpha value is -3.89. The van der Waals surface area contributed by atoms with Crippen molar-refractivity contribution in [3.63, 3.8) is 0 Å². The number of anilines is 1. The molecular formula is C22H20F3N5O3. The predicted molar refractivity (Wildman–Crippen MR) is 115 cm³/mol. The van der Waals surface area contributed by atoms with Gasteiger partial charge in [0.15, 0.2) is 0 Å². The van der Waals surface area contributed by atoms with Crippen LogP contribution < -0.4 is 11.0 Å². The Morgan fingerprint density at radius 2 is 1.91 bits per heavy atom. The van der Waals surface area contributed by atoms with E-state index in [1.807, 2.05) is 13.8 Å². The van der Waals surface area contributed by atoms with Gasteiger partial charge in [0.1, 0.15) is 6.54 Å². The third-order valence-corrected chi connectivity index (χ3v) is 5.04. The van der Waals surface area contributed by atoms with Crippen LogP contribution in [0.25, 0.3) is 22.4 Å². The van der Waals surface area contributed by atoms with Crippen LogP contribution in [0.5, 0.6) is 0 Å². The van der Waals surface area contributed by atoms with Crippen LogP contribution in [0.15, 0.2) is 51.8 Å². The molecule has 2 aromatic heterocycles. The molecule has 11 heteroatoms. The maximum atomic E-state index is 13.1. The number of amides is 1. The quantitative estimate of drug-likeness (QED) is 0.477. The minimum absolute atomic E-state index is 0.0153. The van der Waals surface area contributed by atoms with Crippen molar-refractivity contribution in [3.05, 3.63) is 64.4 Å². The predicted octanol–water partition coefficient (Wildman–Crippen LogP) is 4.40. The lowest BCUT2D eigenvalue weighted by molar-refractivity contribution is -0.137. The van der Waals surface area contributed by atoms with Crippen LogP contribution in [0.1, 0.15) is 31.3 Å². The molecule has 0 aliphatic heterocycles. The molecule has 1 N–H and O–H groups in total. The molecule has 4 rings (SSSR count). The molecule has 0 saturated heterocycles. The Labute approximate surface area is 185 Å². The van der Waals surface area contributed by atoms with E-state index in [-0.39, 0.29) is 18.3 Å². The van der Waals surface area contributed by atoms with Crippen molar-refractivity contribution >= 4 is 22.6 Å². The first-order valence-corrected chi connectivity index (χ1v) is 10.1. The topological polar surface area (TPSA) is 95.0 Å². The molecule has 0 unspecified atom stereocenters. The fourth-order valence-electron chi connectivity index (χ4n) is 3.60. The third kappa shape index (κ3) is 4.38. The second-order valence-corrected chi connectivity index (χ2v) is 7.80. The molecule has 8 nitrogen and oxygen atoms in total. The normalized spacial score (nSPS) is 12.0. The molecule has 33 heavy (non-hydrogen) atoms. The largest absolute Gasteiger partial charge is 0.416 e. The Kier molecular flexibility index (Phi) is 5.56. The number of rotatable bonds is 5. The van der Waals surface area contributed by atoms with Crippen molar-refractivity contribution in [1.29, 1.82) is 0 Å². The van der Waals surface area contributed by atoms with E-state index < -0.39 is 23.3 Å². The highest BCUT2D eigenvalue weighted by Gasteiger charge is 2.30. The summed E-state index contributed by atoms with van der Waals surface area (Å²) in [5.41, 5.74) is 0.346. The van der Waals surface area contributed by atoms with Crippen molar-refractivity contribution in [3.8, 4) is 11.4 Å². The smallest absolute Gasteiger partial charge is 0.339 e. The van der Waals surface area contributed by atoms with Crippen LogP contribution in [0, 0.1) is 6.92 Å². The number of fused-ring (bicyclic) bond motifs is 1. The van der Waals surface area contributed by atoms with E-state index in [2.05, 4.69) is 15.5 Å². The fourth-order valence-corrected chi connectivity index (χ4v) is 3.60. The number of carbonyl (C=O) groups is 1. The van der Waals surface area contributed by atoms with Crippen LogP contribution in [0.2, 0.25) is 0 Å². The van der Waals surface area contributed by atoms with Crippen LogP contribution in [0.4, 0.5) is 18.9 Å². The first kappa shape index (κ1) is 22.3. The number of nitrogens with one attached hydrogen (secondary N) is 1. The molecule has 0 aliphatic carbocycles. The summed E-state index contributed by atoms with van der Waals surface area (Å²) in [6.45, 7) is 4.94. The monoisotopic (exact) mass is 459 g/mol. The highest BCUT2D eigenvalue weighted by Crippen LogP contribution is 2.30. The van der Waals surface area contributed by atoms with Crippen LogP contribution in [0.3, 0.4) is 0 Å². The van der Waals surface area contributed by atoms with Gasteiger partial charge in [-0.1, -0.05) is 11.2 Å². The van der Waals surface area contributed by atoms with Crippen molar-refractivity contribution in [2.24, 2.45) is 0 Å². The van der Waals surface area contributed by atoms with Crippen LogP contribution in [-0.4, -0.2) is 25.2 Å². The van der Waals surface area contributed by atoms with Gasteiger partial charge in [-0.25, -0.2) is 4.79 Å². The first-order chi connectivity index (χ1) is 15.5. The molecule has 0 fully saturated rings. The number of aromatic nitrogens is 4. The van der Waals surface area contributed by atoms with Gasteiger partial charge < -0.3 is 9.84 Å². The van der Waals surface area contributed by atoms with E-state index >= 15 is 0 Å². The van der Waals surface area contributed by atoms with Crippen molar-refractivity contribution in [2.75, 3.05) is 5.32 Å². The van der Waals surface area contributed by atoms with Gasteiger partial charge in [-0.15, -0.1) is 0 Å². The summed E-state index contributed by atoms with van der Waals surface area (Å²) in [6, 6.07) is 9.28. The first-order valence-electron chi connectivity index (χ1n) is 10.1. The molecule has 1 amide bonds. The molecule has 172 valence electrons. The van der Waals surface area contributed by atoms with Crippen LogP contribution in [-0.2, 0) is 17.5 Å². The molecule has 0 aliphatic rings. The van der Waals surface area contributed by atoms with Crippen molar-refractivity contribution in [2.45, 2.75) is 39.5 Å². The minimum atomic E-state index is -4.54. The maximum absolute atomic E-state index is 13.1. The number of nitrogens with zero attached hydrogens (tertiary/aromatic N) is 4. The Morgan fingerprint density at radius 1 is 1.15 bits per heavy atom. The SMILES string of the molecule is Cc1nc(-c2ccc3c(c2)n(CC(=O)Nc2cccc(C(F)(F)F)c2)c(=O)n3C(C)C)no1. The zero-order valence-electron chi connectivity index (χ0n) is 18.0. The zero-order chi connectivity index (χ0) is 23.9. The number of imidazole rings is 1. The van der Waals surface area contributed by atoms with Gasteiger partial charge in [-0.2, -0.15) is 18.2 Å². The molecule has 0 saturated carbocycles. The van der Waals surface area contributed by atoms with Crippen LogP contribution >= 0.6 is 0 Å². The summed E-state index contributed by atoms with van der Waals surface area (Å²) in [5, 5.41) is 6.32. The Balaban J connectivity index is 1.71. The number of hydrogen-bond donors (Lipinski definition) is 1. The molecule has 0 radical (unpaired) electrons. The average molecular weight is 459 g/mol. The molecule has 0 atom stereocenters. The van der Waals surface area contributed by atoms with E-state index in [0.717, 1.165) is 12.1 Å². The van der Waals surface area contributed by atoms with Gasteiger partial charge in [0.25, 0.3) is 0 Å². The number of alkyl halides is 3. The van der Waals surface area contributed by atoms with Gasteiger partial charge in [0, 0.05) is 24.2 Å². The standard InChI is InChI=1S/C22H20F3N5O3/c1-12(2)30-17-8-7-14(20-26-13(3)33-28-20)9-18(17)29(21(30)32)11-19(31)27-16-6-4-5-15(10-16)22(23,24)25/h4-10,12H,11H2,1-3H3,(H,27,31). The van der Waals surface area contributed by atoms with Gasteiger partial charge in [-0.05, 0) is 50.2 Å². The fraction of sp³-hybridized carbons (Fsp3) is 0.273. The lowest BCUT2D eigenvalue weighted by Gasteiger charge is -2.10. The summed E-state index contributed by atoms with van der Waals surface area (Å²) in [6.07, 6.45) is -4.54. The van der Waals surface area contributed by atoms with Crippen molar-refractivity contribution < 1.29 is 22.5 Å². The number of aryl methyl sites for hydroxylation is 1. The van der Waals surface area contributed by atoms with Gasteiger partial charge in [0.2, 0.25) is 17.6 Å². The highest BCUT2D eigenvalue weighted by molar-refractivity contribution is 5.92. The van der Waals surface area contributed by atoms with E-state index in [4.69, 9.17) is 4.52 Å². The summed E-state index contributed by atoms with van der Waals surface area (Å²) in [4.78, 5) is 30.0. The van der Waals surface area contributed by atoms with Gasteiger partial charge in [-0.3, -0.25) is 13.9 Å². The van der Waals surface area contributed by atoms with Crippen molar-refractivity contribution in [1.82, 2.24) is 19.3 Å². The van der Waals surface area contributed by atoms with Gasteiger partial charge in [0.05, 0.1) is 16.6 Å².